The SMILES string of the molecule is CCC(O)c1ccc(Oc2cccnc2)cc1. The van der Waals surface area contributed by atoms with Crippen LogP contribution < -0.4 is 4.74 Å². The maximum atomic E-state index is 9.66. The predicted octanol–water partition coefficient (Wildman–Crippen LogP) is 3.32. The monoisotopic (exact) mass is 229 g/mol. The normalized spacial score (nSPS) is 12.1. The zero-order valence-electron chi connectivity index (χ0n) is 9.71. The highest BCUT2D eigenvalue weighted by Gasteiger charge is 2.04. The van der Waals surface area contributed by atoms with Crippen molar-refractivity contribution in [1.29, 1.82) is 0 Å². The zero-order valence-corrected chi connectivity index (χ0v) is 9.71. The van der Waals surface area contributed by atoms with E-state index in [1.54, 1.807) is 12.4 Å². The van der Waals surface area contributed by atoms with Gasteiger partial charge in [-0.25, -0.2) is 0 Å². The van der Waals surface area contributed by atoms with Gasteiger partial charge in [-0.1, -0.05) is 19.1 Å². The molecule has 1 aromatic heterocycles. The third-order valence-electron chi connectivity index (χ3n) is 2.52. The summed E-state index contributed by atoms with van der Waals surface area (Å²) in [5.41, 5.74) is 0.908. The molecule has 3 nitrogen and oxygen atoms in total. The Kier molecular flexibility index (Phi) is 3.73. The molecule has 0 bridgehead atoms. The number of rotatable bonds is 4. The van der Waals surface area contributed by atoms with E-state index in [0.717, 1.165) is 11.3 Å². The van der Waals surface area contributed by atoms with E-state index in [0.29, 0.717) is 12.2 Å². The van der Waals surface area contributed by atoms with Crippen molar-refractivity contribution in [2.24, 2.45) is 0 Å². The molecule has 0 spiro atoms. The highest BCUT2D eigenvalue weighted by atomic mass is 16.5. The second-order valence-corrected chi connectivity index (χ2v) is 3.78. The molecule has 1 aromatic carbocycles. The van der Waals surface area contributed by atoms with E-state index in [4.69, 9.17) is 4.74 Å². The molecule has 0 aliphatic rings. The number of hydrogen-bond acceptors (Lipinski definition) is 3. The first-order valence-electron chi connectivity index (χ1n) is 5.65. The average molecular weight is 229 g/mol. The quantitative estimate of drug-likeness (QED) is 0.874. The van der Waals surface area contributed by atoms with E-state index in [1.807, 2.05) is 43.3 Å². The second-order valence-electron chi connectivity index (χ2n) is 3.78. The molecule has 0 saturated heterocycles. The summed E-state index contributed by atoms with van der Waals surface area (Å²) in [6, 6.07) is 11.1. The molecule has 0 radical (unpaired) electrons. The van der Waals surface area contributed by atoms with Crippen molar-refractivity contribution in [2.45, 2.75) is 19.4 Å². The van der Waals surface area contributed by atoms with Crippen LogP contribution >= 0.6 is 0 Å². The first-order valence-corrected chi connectivity index (χ1v) is 5.65. The van der Waals surface area contributed by atoms with Crippen molar-refractivity contribution < 1.29 is 9.84 Å². The lowest BCUT2D eigenvalue weighted by Crippen LogP contribution is -1.94. The molecular formula is C14H15NO2. The molecule has 0 saturated carbocycles. The Hall–Kier alpha value is -1.87. The lowest BCUT2D eigenvalue weighted by atomic mass is 10.1. The molecule has 88 valence electrons. The summed E-state index contributed by atoms with van der Waals surface area (Å²) in [4.78, 5) is 3.97. The summed E-state index contributed by atoms with van der Waals surface area (Å²) in [6.45, 7) is 1.95. The fraction of sp³-hybridized carbons (Fsp3) is 0.214. The van der Waals surface area contributed by atoms with Gasteiger partial charge in [0.2, 0.25) is 0 Å². The van der Waals surface area contributed by atoms with Crippen LogP contribution in [0.25, 0.3) is 0 Å². The summed E-state index contributed by atoms with van der Waals surface area (Å²) in [7, 11) is 0. The minimum absolute atomic E-state index is 0.401. The number of hydrogen-bond donors (Lipinski definition) is 1. The Labute approximate surface area is 101 Å². The molecule has 0 amide bonds. The summed E-state index contributed by atoms with van der Waals surface area (Å²) in [5.74, 6) is 1.45. The Morgan fingerprint density at radius 3 is 2.53 bits per heavy atom. The van der Waals surface area contributed by atoms with Gasteiger partial charge in [0.15, 0.2) is 0 Å². The Morgan fingerprint density at radius 2 is 1.94 bits per heavy atom. The van der Waals surface area contributed by atoms with Crippen LogP contribution in [-0.4, -0.2) is 10.1 Å². The Balaban J connectivity index is 2.08. The van der Waals surface area contributed by atoms with Crippen molar-refractivity contribution in [3.05, 3.63) is 54.4 Å². The van der Waals surface area contributed by atoms with Crippen molar-refractivity contribution in [2.75, 3.05) is 0 Å². The molecule has 17 heavy (non-hydrogen) atoms. The van der Waals surface area contributed by atoms with E-state index in [-0.39, 0.29) is 0 Å². The van der Waals surface area contributed by atoms with E-state index in [9.17, 15) is 5.11 Å². The third kappa shape index (κ3) is 3.04. The van der Waals surface area contributed by atoms with Crippen molar-refractivity contribution in [3.63, 3.8) is 0 Å². The van der Waals surface area contributed by atoms with Gasteiger partial charge in [-0.05, 0) is 36.2 Å². The molecule has 1 N–H and O–H groups in total. The minimum atomic E-state index is -0.401. The Morgan fingerprint density at radius 1 is 1.18 bits per heavy atom. The topological polar surface area (TPSA) is 42.4 Å². The molecular weight excluding hydrogens is 214 g/mol. The average Bonchev–Trinajstić information content (AvgIpc) is 2.40. The second kappa shape index (κ2) is 5.46. The summed E-state index contributed by atoms with van der Waals surface area (Å²) in [6.07, 6.45) is 3.67. The predicted molar refractivity (Wildman–Crippen MR) is 66.0 cm³/mol. The molecule has 0 aliphatic carbocycles. The van der Waals surface area contributed by atoms with Crippen molar-refractivity contribution in [1.82, 2.24) is 4.98 Å². The summed E-state index contributed by atoms with van der Waals surface area (Å²) >= 11 is 0. The number of ether oxygens (including phenoxy) is 1. The van der Waals surface area contributed by atoms with Crippen LogP contribution in [0.3, 0.4) is 0 Å². The molecule has 3 heteroatoms. The lowest BCUT2D eigenvalue weighted by Gasteiger charge is -2.09. The smallest absolute Gasteiger partial charge is 0.145 e. The van der Waals surface area contributed by atoms with Gasteiger partial charge in [-0.15, -0.1) is 0 Å². The molecule has 0 aliphatic heterocycles. The van der Waals surface area contributed by atoms with Gasteiger partial charge in [0.05, 0.1) is 12.3 Å². The lowest BCUT2D eigenvalue weighted by molar-refractivity contribution is 0.173. The molecule has 1 atom stereocenters. The van der Waals surface area contributed by atoms with Gasteiger partial charge < -0.3 is 9.84 Å². The largest absolute Gasteiger partial charge is 0.456 e. The molecule has 2 aromatic rings. The van der Waals surface area contributed by atoms with E-state index >= 15 is 0 Å². The molecule has 2 rings (SSSR count). The van der Waals surface area contributed by atoms with Gasteiger partial charge in [0.25, 0.3) is 0 Å². The molecule has 0 fully saturated rings. The number of aliphatic hydroxyl groups excluding tert-OH is 1. The number of pyridine rings is 1. The van der Waals surface area contributed by atoms with Gasteiger partial charge in [0, 0.05) is 6.20 Å². The van der Waals surface area contributed by atoms with Crippen molar-refractivity contribution in [3.8, 4) is 11.5 Å². The Bertz CT molecular complexity index is 453. The fourth-order valence-corrected chi connectivity index (χ4v) is 1.54. The fourth-order valence-electron chi connectivity index (χ4n) is 1.54. The van der Waals surface area contributed by atoms with Gasteiger partial charge in [-0.3, -0.25) is 4.98 Å². The molecule has 1 unspecified atom stereocenters. The number of nitrogens with zero attached hydrogens (tertiary/aromatic N) is 1. The summed E-state index contributed by atoms with van der Waals surface area (Å²) in [5, 5.41) is 9.66. The maximum Gasteiger partial charge on any atom is 0.145 e. The van der Waals surface area contributed by atoms with Crippen LogP contribution in [0.4, 0.5) is 0 Å². The van der Waals surface area contributed by atoms with Crippen LogP contribution in [0.1, 0.15) is 25.0 Å². The number of aliphatic hydroxyl groups is 1. The maximum absolute atomic E-state index is 9.66. The highest BCUT2D eigenvalue weighted by Crippen LogP contribution is 2.23. The zero-order chi connectivity index (χ0) is 12.1. The van der Waals surface area contributed by atoms with Crippen molar-refractivity contribution >= 4 is 0 Å². The summed E-state index contributed by atoms with van der Waals surface area (Å²) < 4.78 is 5.60. The first kappa shape index (κ1) is 11.6. The van der Waals surface area contributed by atoms with E-state index in [1.165, 1.54) is 0 Å². The van der Waals surface area contributed by atoms with Gasteiger partial charge in [-0.2, -0.15) is 0 Å². The highest BCUT2D eigenvalue weighted by molar-refractivity contribution is 5.32. The molecule has 1 heterocycles. The van der Waals surface area contributed by atoms with E-state index < -0.39 is 6.10 Å². The van der Waals surface area contributed by atoms with Crippen LogP contribution in [0.15, 0.2) is 48.8 Å². The number of aromatic nitrogens is 1. The first-order chi connectivity index (χ1) is 8.29. The van der Waals surface area contributed by atoms with Crippen LogP contribution in [-0.2, 0) is 0 Å². The van der Waals surface area contributed by atoms with Crippen LogP contribution in [0, 0.1) is 0 Å². The number of benzene rings is 1. The van der Waals surface area contributed by atoms with E-state index in [2.05, 4.69) is 4.98 Å². The van der Waals surface area contributed by atoms with Gasteiger partial charge in [0.1, 0.15) is 11.5 Å². The standard InChI is InChI=1S/C14H15NO2/c1-2-14(16)11-5-7-12(8-6-11)17-13-4-3-9-15-10-13/h3-10,14,16H,2H2,1H3. The van der Waals surface area contributed by atoms with Crippen LogP contribution in [0.5, 0.6) is 11.5 Å². The minimum Gasteiger partial charge on any atom is -0.456 e. The van der Waals surface area contributed by atoms with Crippen LogP contribution in [0.2, 0.25) is 0 Å². The van der Waals surface area contributed by atoms with Gasteiger partial charge >= 0.3 is 0 Å². The third-order valence-corrected chi connectivity index (χ3v) is 2.52.